The molecule has 2 unspecified atom stereocenters. The van der Waals surface area contributed by atoms with E-state index >= 15 is 0 Å². The Morgan fingerprint density at radius 3 is 2.83 bits per heavy atom. The molecule has 2 aromatic heterocycles. The molecule has 0 bridgehead atoms. The maximum Gasteiger partial charge on any atom is 0.267 e. The summed E-state index contributed by atoms with van der Waals surface area (Å²) >= 11 is 0. The van der Waals surface area contributed by atoms with Gasteiger partial charge in [-0.25, -0.2) is 9.67 Å². The lowest BCUT2D eigenvalue weighted by Crippen LogP contribution is -2.37. The molecule has 1 N–H and O–H groups in total. The van der Waals surface area contributed by atoms with Gasteiger partial charge in [0.05, 0.1) is 37.8 Å². The topological polar surface area (TPSA) is 91.2 Å². The predicted octanol–water partition coefficient (Wildman–Crippen LogP) is 2.64. The molecule has 8 heteroatoms. The van der Waals surface area contributed by atoms with E-state index in [1.54, 1.807) is 31.6 Å². The van der Waals surface area contributed by atoms with Gasteiger partial charge in [0, 0.05) is 29.9 Å². The van der Waals surface area contributed by atoms with Crippen molar-refractivity contribution in [2.75, 3.05) is 25.6 Å². The van der Waals surface area contributed by atoms with Gasteiger partial charge in [-0.2, -0.15) is 5.10 Å². The molecule has 30 heavy (non-hydrogen) atoms. The van der Waals surface area contributed by atoms with Crippen LogP contribution in [0, 0.1) is 0 Å². The van der Waals surface area contributed by atoms with Gasteiger partial charge >= 0.3 is 0 Å². The molecule has 2 atom stereocenters. The number of rotatable bonds is 6. The smallest absolute Gasteiger partial charge is 0.267 e. The van der Waals surface area contributed by atoms with Crippen molar-refractivity contribution in [1.29, 1.82) is 0 Å². The first kappa shape index (κ1) is 18.7. The molecular formula is C22H23N5O3. The maximum atomic E-state index is 12.7. The van der Waals surface area contributed by atoms with Gasteiger partial charge in [0.2, 0.25) is 0 Å². The molecule has 3 aromatic rings. The molecule has 1 aliphatic carbocycles. The lowest BCUT2D eigenvalue weighted by molar-refractivity contribution is 0.183. The van der Waals surface area contributed by atoms with Gasteiger partial charge < -0.3 is 14.8 Å². The third kappa shape index (κ3) is 3.66. The molecule has 154 valence electrons. The zero-order valence-corrected chi connectivity index (χ0v) is 16.7. The maximum absolute atomic E-state index is 12.7. The van der Waals surface area contributed by atoms with Crippen LogP contribution < -0.4 is 15.6 Å². The first-order chi connectivity index (χ1) is 14.7. The van der Waals surface area contributed by atoms with Crippen LogP contribution in [0.15, 0.2) is 53.6 Å². The number of anilines is 1. The first-order valence-corrected chi connectivity index (χ1v) is 10.1. The van der Waals surface area contributed by atoms with Crippen molar-refractivity contribution in [3.63, 3.8) is 0 Å². The van der Waals surface area contributed by atoms with E-state index in [2.05, 4.69) is 20.4 Å². The second-order valence-electron chi connectivity index (χ2n) is 7.65. The second kappa shape index (κ2) is 7.87. The summed E-state index contributed by atoms with van der Waals surface area (Å²) in [6.07, 6.45) is 5.70. The van der Waals surface area contributed by atoms with Crippen LogP contribution in [0.1, 0.15) is 30.5 Å². The van der Waals surface area contributed by atoms with Crippen LogP contribution in [-0.4, -0.2) is 46.1 Å². The van der Waals surface area contributed by atoms with Crippen LogP contribution >= 0.6 is 0 Å². The van der Waals surface area contributed by atoms with Crippen molar-refractivity contribution in [3.05, 3.63) is 64.8 Å². The molecule has 0 radical (unpaired) electrons. The predicted molar refractivity (Wildman–Crippen MR) is 112 cm³/mol. The summed E-state index contributed by atoms with van der Waals surface area (Å²) in [4.78, 5) is 21.7. The van der Waals surface area contributed by atoms with E-state index in [1.165, 1.54) is 4.68 Å². The zero-order valence-electron chi connectivity index (χ0n) is 16.7. The largest absolute Gasteiger partial charge is 0.497 e. The monoisotopic (exact) mass is 405 g/mol. The van der Waals surface area contributed by atoms with Crippen LogP contribution in [0.5, 0.6) is 5.75 Å². The molecule has 1 saturated carbocycles. The fourth-order valence-corrected chi connectivity index (χ4v) is 3.81. The molecule has 1 saturated heterocycles. The van der Waals surface area contributed by atoms with Gasteiger partial charge in [-0.3, -0.25) is 9.78 Å². The number of hydrogen-bond donors (Lipinski definition) is 1. The molecule has 8 nitrogen and oxygen atoms in total. The van der Waals surface area contributed by atoms with Crippen LogP contribution in [0.3, 0.4) is 0 Å². The zero-order chi connectivity index (χ0) is 20.5. The molecular weight excluding hydrogens is 382 g/mol. The highest BCUT2D eigenvalue weighted by atomic mass is 16.5. The number of hydrogen-bond acceptors (Lipinski definition) is 7. The summed E-state index contributed by atoms with van der Waals surface area (Å²) in [7, 11) is 1.63. The van der Waals surface area contributed by atoms with Crippen LogP contribution in [-0.2, 0) is 4.74 Å². The Hall–Kier alpha value is -3.26. The van der Waals surface area contributed by atoms with Gasteiger partial charge in [-0.15, -0.1) is 0 Å². The second-order valence-corrected chi connectivity index (χ2v) is 7.65. The minimum Gasteiger partial charge on any atom is -0.497 e. The Morgan fingerprint density at radius 1 is 1.13 bits per heavy atom. The van der Waals surface area contributed by atoms with E-state index in [-0.39, 0.29) is 17.6 Å². The van der Waals surface area contributed by atoms with Crippen LogP contribution in [0.2, 0.25) is 0 Å². The number of benzene rings is 1. The highest BCUT2D eigenvalue weighted by Gasteiger charge is 2.34. The molecule has 5 rings (SSSR count). The molecule has 2 aliphatic rings. The molecule has 1 aliphatic heterocycles. The number of ether oxygens (including phenoxy) is 2. The average Bonchev–Trinajstić information content (AvgIpc) is 3.53. The summed E-state index contributed by atoms with van der Waals surface area (Å²) in [5.41, 5.74) is 2.42. The van der Waals surface area contributed by atoms with Crippen molar-refractivity contribution < 1.29 is 9.47 Å². The summed E-state index contributed by atoms with van der Waals surface area (Å²) in [6.45, 7) is 0.883. The van der Waals surface area contributed by atoms with Crippen LogP contribution in [0.25, 0.3) is 11.3 Å². The summed E-state index contributed by atoms with van der Waals surface area (Å²) < 4.78 is 12.5. The quantitative estimate of drug-likeness (QED) is 0.674. The van der Waals surface area contributed by atoms with E-state index < -0.39 is 0 Å². The average molecular weight is 405 g/mol. The van der Waals surface area contributed by atoms with E-state index in [1.807, 2.05) is 24.3 Å². The Kier molecular flexibility index (Phi) is 4.92. The summed E-state index contributed by atoms with van der Waals surface area (Å²) in [6, 6.07) is 10.6. The molecule has 0 spiro atoms. The van der Waals surface area contributed by atoms with E-state index in [0.29, 0.717) is 24.8 Å². The van der Waals surface area contributed by atoms with Crippen molar-refractivity contribution in [2.24, 2.45) is 0 Å². The minimum absolute atomic E-state index is 0.120. The highest BCUT2D eigenvalue weighted by molar-refractivity contribution is 5.60. The Bertz CT molecular complexity index is 1110. The van der Waals surface area contributed by atoms with Crippen molar-refractivity contribution in [1.82, 2.24) is 19.7 Å². The van der Waals surface area contributed by atoms with Crippen molar-refractivity contribution >= 4 is 5.82 Å². The number of nitrogens with one attached hydrogen (secondary N) is 1. The fourth-order valence-electron chi connectivity index (χ4n) is 3.81. The SMILES string of the molecule is COc1cccc(-c2ccc(=O)n(C3COCC3Nc3nccnc3C3CC3)n2)c1. The van der Waals surface area contributed by atoms with Crippen molar-refractivity contribution in [3.8, 4) is 17.0 Å². The Balaban J connectivity index is 1.45. The minimum atomic E-state index is -0.239. The standard InChI is InChI=1S/C22H23N5O3/c1-29-16-4-2-3-15(11-16)17-7-8-20(28)27(26-17)19-13-30-12-18(19)25-22-21(14-5-6-14)23-9-10-24-22/h2-4,7-11,14,18-19H,5-6,12-13H2,1H3,(H,24,25). The number of aromatic nitrogens is 4. The third-order valence-corrected chi connectivity index (χ3v) is 5.57. The van der Waals surface area contributed by atoms with Gasteiger partial charge in [-0.1, -0.05) is 12.1 Å². The Morgan fingerprint density at radius 2 is 2.00 bits per heavy atom. The fraction of sp³-hybridized carbons (Fsp3) is 0.364. The number of nitrogens with zero attached hydrogens (tertiary/aromatic N) is 4. The van der Waals surface area contributed by atoms with Crippen molar-refractivity contribution in [2.45, 2.75) is 30.8 Å². The van der Waals surface area contributed by atoms with Gasteiger partial charge in [0.25, 0.3) is 5.56 Å². The van der Waals surface area contributed by atoms with E-state index in [4.69, 9.17) is 9.47 Å². The number of methoxy groups -OCH3 is 1. The van der Waals surface area contributed by atoms with E-state index in [9.17, 15) is 4.79 Å². The Labute approximate surface area is 173 Å². The highest BCUT2D eigenvalue weighted by Crippen LogP contribution is 2.41. The van der Waals surface area contributed by atoms with Crippen LogP contribution in [0.4, 0.5) is 5.82 Å². The lowest BCUT2D eigenvalue weighted by Gasteiger charge is -2.22. The normalized spacial score (nSPS) is 20.8. The summed E-state index contributed by atoms with van der Waals surface area (Å²) in [5.74, 6) is 1.99. The first-order valence-electron chi connectivity index (χ1n) is 10.1. The molecule has 1 aromatic carbocycles. The molecule has 2 fully saturated rings. The van der Waals surface area contributed by atoms with Gasteiger partial charge in [0.15, 0.2) is 0 Å². The van der Waals surface area contributed by atoms with Gasteiger partial charge in [-0.05, 0) is 31.0 Å². The third-order valence-electron chi connectivity index (χ3n) is 5.57. The molecule has 3 heterocycles. The molecule has 0 amide bonds. The van der Waals surface area contributed by atoms with E-state index in [0.717, 1.165) is 35.7 Å². The summed E-state index contributed by atoms with van der Waals surface area (Å²) in [5, 5.41) is 8.12. The lowest BCUT2D eigenvalue weighted by atomic mass is 10.1. The van der Waals surface area contributed by atoms with Gasteiger partial charge in [0.1, 0.15) is 17.6 Å².